The number of carbonyl (C=O) groups is 2. The van der Waals surface area contributed by atoms with Gasteiger partial charge in [-0.3, -0.25) is 4.79 Å². The molecular formula is C13H17NO3S. The Morgan fingerprint density at radius 2 is 1.94 bits per heavy atom. The standard InChI is InChI=1S/C13H17NO3S/c1-2-3-8-14-12(15)9-18-11-6-4-10(5-7-11)13(16)17/h4-7H,2-3,8-9H2,1H3,(H,14,15)(H,16,17). The maximum absolute atomic E-state index is 11.4. The molecule has 0 radical (unpaired) electrons. The molecule has 1 aromatic rings. The summed E-state index contributed by atoms with van der Waals surface area (Å²) in [5.74, 6) is -0.574. The Morgan fingerprint density at radius 1 is 1.28 bits per heavy atom. The summed E-state index contributed by atoms with van der Waals surface area (Å²) in [4.78, 5) is 23.0. The van der Waals surface area contributed by atoms with Crippen molar-refractivity contribution in [2.75, 3.05) is 12.3 Å². The van der Waals surface area contributed by atoms with E-state index >= 15 is 0 Å². The van der Waals surface area contributed by atoms with Gasteiger partial charge in [0.15, 0.2) is 0 Å². The highest BCUT2D eigenvalue weighted by Gasteiger charge is 2.04. The van der Waals surface area contributed by atoms with Crippen LogP contribution >= 0.6 is 11.8 Å². The van der Waals surface area contributed by atoms with Crippen LogP contribution in [0.4, 0.5) is 0 Å². The first-order valence-corrected chi connectivity index (χ1v) is 6.85. The summed E-state index contributed by atoms with van der Waals surface area (Å²) in [6.45, 7) is 2.79. The Hall–Kier alpha value is -1.49. The average Bonchev–Trinajstić information content (AvgIpc) is 2.37. The van der Waals surface area contributed by atoms with Gasteiger partial charge in [0.05, 0.1) is 11.3 Å². The van der Waals surface area contributed by atoms with Gasteiger partial charge >= 0.3 is 5.97 Å². The summed E-state index contributed by atoms with van der Waals surface area (Å²) in [5.41, 5.74) is 0.256. The Kier molecular flexibility index (Phi) is 6.28. The fourth-order valence-electron chi connectivity index (χ4n) is 1.30. The van der Waals surface area contributed by atoms with Gasteiger partial charge in [0, 0.05) is 11.4 Å². The molecule has 0 saturated carbocycles. The van der Waals surface area contributed by atoms with Gasteiger partial charge in [-0.2, -0.15) is 0 Å². The summed E-state index contributed by atoms with van der Waals surface area (Å²) in [7, 11) is 0. The lowest BCUT2D eigenvalue weighted by molar-refractivity contribution is -0.118. The van der Waals surface area contributed by atoms with Gasteiger partial charge in [-0.1, -0.05) is 13.3 Å². The van der Waals surface area contributed by atoms with Crippen molar-refractivity contribution in [2.24, 2.45) is 0 Å². The summed E-state index contributed by atoms with van der Waals surface area (Å²) in [5, 5.41) is 11.6. The fraction of sp³-hybridized carbons (Fsp3) is 0.385. The molecule has 0 aromatic heterocycles. The number of hydrogen-bond donors (Lipinski definition) is 2. The van der Waals surface area contributed by atoms with Crippen LogP contribution in [-0.2, 0) is 4.79 Å². The van der Waals surface area contributed by atoms with Crippen LogP contribution in [0.2, 0.25) is 0 Å². The SMILES string of the molecule is CCCCNC(=O)CSc1ccc(C(=O)O)cc1. The monoisotopic (exact) mass is 267 g/mol. The van der Waals surface area contributed by atoms with Crippen LogP contribution < -0.4 is 5.32 Å². The van der Waals surface area contributed by atoms with Crippen molar-refractivity contribution < 1.29 is 14.7 Å². The molecule has 0 heterocycles. The molecule has 0 aliphatic rings. The highest BCUT2D eigenvalue weighted by Crippen LogP contribution is 2.18. The fourth-order valence-corrected chi connectivity index (χ4v) is 2.03. The maximum Gasteiger partial charge on any atom is 0.335 e. The zero-order valence-electron chi connectivity index (χ0n) is 10.3. The Balaban J connectivity index is 2.34. The van der Waals surface area contributed by atoms with E-state index in [1.165, 1.54) is 11.8 Å². The van der Waals surface area contributed by atoms with Gasteiger partial charge in [-0.15, -0.1) is 11.8 Å². The number of carboxylic acid groups (broad SMARTS) is 1. The third-order valence-electron chi connectivity index (χ3n) is 2.32. The first kappa shape index (κ1) is 14.6. The van der Waals surface area contributed by atoms with Crippen LogP contribution in [0, 0.1) is 0 Å². The number of hydrogen-bond acceptors (Lipinski definition) is 3. The number of thioether (sulfide) groups is 1. The van der Waals surface area contributed by atoms with E-state index in [-0.39, 0.29) is 11.5 Å². The van der Waals surface area contributed by atoms with E-state index in [1.807, 2.05) is 0 Å². The van der Waals surface area contributed by atoms with Crippen molar-refractivity contribution in [3.63, 3.8) is 0 Å². The number of carboxylic acids is 1. The number of amides is 1. The van der Waals surface area contributed by atoms with Crippen molar-refractivity contribution in [3.8, 4) is 0 Å². The zero-order chi connectivity index (χ0) is 13.4. The van der Waals surface area contributed by atoms with Crippen molar-refractivity contribution >= 4 is 23.6 Å². The molecule has 0 aliphatic heterocycles. The lowest BCUT2D eigenvalue weighted by Crippen LogP contribution is -2.25. The number of aromatic carboxylic acids is 1. The molecule has 98 valence electrons. The Bertz CT molecular complexity index is 403. The van der Waals surface area contributed by atoms with Gasteiger partial charge < -0.3 is 10.4 Å². The van der Waals surface area contributed by atoms with Gasteiger partial charge in [-0.05, 0) is 30.7 Å². The smallest absolute Gasteiger partial charge is 0.335 e. The second-order valence-electron chi connectivity index (χ2n) is 3.82. The van der Waals surface area contributed by atoms with E-state index in [0.717, 1.165) is 17.7 Å². The summed E-state index contributed by atoms with van der Waals surface area (Å²) >= 11 is 1.40. The highest BCUT2D eigenvalue weighted by molar-refractivity contribution is 8.00. The van der Waals surface area contributed by atoms with Gasteiger partial charge in [-0.25, -0.2) is 4.79 Å². The average molecular weight is 267 g/mol. The molecule has 0 spiro atoms. The van der Waals surface area contributed by atoms with Crippen LogP contribution in [0.15, 0.2) is 29.2 Å². The molecule has 5 heteroatoms. The molecule has 1 aromatic carbocycles. The van der Waals surface area contributed by atoms with Crippen molar-refractivity contribution in [1.82, 2.24) is 5.32 Å². The van der Waals surface area contributed by atoms with E-state index in [1.54, 1.807) is 24.3 Å². The van der Waals surface area contributed by atoms with Gasteiger partial charge in [0.25, 0.3) is 0 Å². The second kappa shape index (κ2) is 7.76. The normalized spacial score (nSPS) is 10.1. The zero-order valence-corrected chi connectivity index (χ0v) is 11.1. The Labute approximate surface area is 111 Å². The second-order valence-corrected chi connectivity index (χ2v) is 4.87. The molecule has 4 nitrogen and oxygen atoms in total. The molecule has 1 rings (SSSR count). The van der Waals surface area contributed by atoms with E-state index < -0.39 is 5.97 Å². The molecule has 0 bridgehead atoms. The van der Waals surface area contributed by atoms with Crippen LogP contribution in [0.25, 0.3) is 0 Å². The van der Waals surface area contributed by atoms with E-state index in [4.69, 9.17) is 5.11 Å². The molecule has 0 saturated heterocycles. The number of benzene rings is 1. The largest absolute Gasteiger partial charge is 0.478 e. The predicted octanol–water partition coefficient (Wildman–Crippen LogP) is 2.39. The molecule has 0 aliphatic carbocycles. The first-order valence-electron chi connectivity index (χ1n) is 5.86. The quantitative estimate of drug-likeness (QED) is 0.588. The third-order valence-corrected chi connectivity index (χ3v) is 3.34. The molecule has 1 amide bonds. The molecule has 18 heavy (non-hydrogen) atoms. The summed E-state index contributed by atoms with van der Waals surface area (Å²) in [6, 6.07) is 6.51. The van der Waals surface area contributed by atoms with Crippen LogP contribution in [-0.4, -0.2) is 29.3 Å². The number of carbonyl (C=O) groups excluding carboxylic acids is 1. The first-order chi connectivity index (χ1) is 8.63. The van der Waals surface area contributed by atoms with Crippen molar-refractivity contribution in [3.05, 3.63) is 29.8 Å². The van der Waals surface area contributed by atoms with E-state index in [0.29, 0.717) is 12.3 Å². The van der Waals surface area contributed by atoms with E-state index in [9.17, 15) is 9.59 Å². The van der Waals surface area contributed by atoms with Crippen molar-refractivity contribution in [2.45, 2.75) is 24.7 Å². The minimum absolute atomic E-state index is 0.00996. The molecule has 0 unspecified atom stereocenters. The molecular weight excluding hydrogens is 250 g/mol. The lowest BCUT2D eigenvalue weighted by atomic mass is 10.2. The molecule has 0 atom stereocenters. The maximum atomic E-state index is 11.4. The number of nitrogens with one attached hydrogen (secondary N) is 1. The number of unbranched alkanes of at least 4 members (excludes halogenated alkanes) is 1. The minimum Gasteiger partial charge on any atom is -0.478 e. The van der Waals surface area contributed by atoms with Gasteiger partial charge in [0.2, 0.25) is 5.91 Å². The van der Waals surface area contributed by atoms with Crippen LogP contribution in [0.5, 0.6) is 0 Å². The summed E-state index contributed by atoms with van der Waals surface area (Å²) < 4.78 is 0. The minimum atomic E-state index is -0.941. The topological polar surface area (TPSA) is 66.4 Å². The predicted molar refractivity (Wildman–Crippen MR) is 72.0 cm³/mol. The summed E-state index contributed by atoms with van der Waals surface area (Å²) in [6.07, 6.45) is 2.05. The third kappa shape index (κ3) is 5.23. The highest BCUT2D eigenvalue weighted by atomic mass is 32.2. The Morgan fingerprint density at radius 3 is 2.50 bits per heavy atom. The van der Waals surface area contributed by atoms with Crippen LogP contribution in [0.1, 0.15) is 30.1 Å². The number of rotatable bonds is 7. The van der Waals surface area contributed by atoms with Crippen molar-refractivity contribution in [1.29, 1.82) is 0 Å². The molecule has 0 fully saturated rings. The van der Waals surface area contributed by atoms with Gasteiger partial charge in [0.1, 0.15) is 0 Å². The lowest BCUT2D eigenvalue weighted by Gasteiger charge is -2.04. The van der Waals surface area contributed by atoms with E-state index in [2.05, 4.69) is 12.2 Å². The molecule has 2 N–H and O–H groups in total. The van der Waals surface area contributed by atoms with Crippen LogP contribution in [0.3, 0.4) is 0 Å².